The third kappa shape index (κ3) is 4.84. The van der Waals surface area contributed by atoms with Crippen molar-refractivity contribution in [3.8, 4) is 0 Å². The number of hydrogen-bond donors (Lipinski definition) is 0. The Morgan fingerprint density at radius 3 is 1.46 bits per heavy atom. The SMILES string of the molecule is O=S(=O)(c1ccccc1)C(CC1CCCCCCC1)S(=O)(=O)c1ccccc1. The molecule has 0 amide bonds. The van der Waals surface area contributed by atoms with E-state index in [0.29, 0.717) is 0 Å². The van der Waals surface area contributed by atoms with E-state index in [9.17, 15) is 16.8 Å². The second-order valence-electron chi connectivity index (χ2n) is 7.59. The highest BCUT2D eigenvalue weighted by Gasteiger charge is 2.41. The van der Waals surface area contributed by atoms with E-state index < -0.39 is 24.3 Å². The fraction of sp³-hybridized carbons (Fsp3) is 0.455. The maximum absolute atomic E-state index is 13.4. The molecule has 0 aliphatic heterocycles. The number of sulfone groups is 2. The highest BCUT2D eigenvalue weighted by molar-refractivity contribution is 8.09. The molecule has 1 saturated carbocycles. The van der Waals surface area contributed by atoms with E-state index in [1.807, 2.05) is 0 Å². The molecule has 28 heavy (non-hydrogen) atoms. The zero-order chi connectivity index (χ0) is 20.0. The first-order valence-corrected chi connectivity index (χ1v) is 13.1. The standard InChI is InChI=1S/C22H28O4S2/c23-27(24,20-14-8-4-9-15-20)22(18-19-12-6-2-1-3-7-13-19)28(25,26)21-16-10-5-11-17-21/h4-5,8-11,14-17,19,22H,1-3,6-7,12-13,18H2. The van der Waals surface area contributed by atoms with Crippen LogP contribution in [0.25, 0.3) is 0 Å². The average Bonchev–Trinajstić information content (AvgIpc) is 2.68. The summed E-state index contributed by atoms with van der Waals surface area (Å²) in [5.74, 6) is 0.113. The first-order valence-electron chi connectivity index (χ1n) is 10.0. The van der Waals surface area contributed by atoms with E-state index in [1.165, 1.54) is 30.7 Å². The summed E-state index contributed by atoms with van der Waals surface area (Å²) in [4.78, 5) is 0.149. The summed E-state index contributed by atoms with van der Waals surface area (Å²) in [7, 11) is -8.03. The van der Waals surface area contributed by atoms with E-state index in [-0.39, 0.29) is 22.1 Å². The summed E-state index contributed by atoms with van der Waals surface area (Å²) >= 11 is 0. The molecule has 6 heteroatoms. The smallest absolute Gasteiger partial charge is 0.195 e. The van der Waals surface area contributed by atoms with Crippen molar-refractivity contribution in [2.75, 3.05) is 0 Å². The highest BCUT2D eigenvalue weighted by Crippen LogP contribution is 2.34. The van der Waals surface area contributed by atoms with Crippen molar-refractivity contribution >= 4 is 19.7 Å². The average molecular weight is 421 g/mol. The summed E-state index contributed by atoms with van der Waals surface area (Å²) < 4.78 is 52.2. The van der Waals surface area contributed by atoms with Gasteiger partial charge in [0.1, 0.15) is 0 Å². The summed E-state index contributed by atoms with van der Waals surface area (Å²) in [6.45, 7) is 0. The lowest BCUT2D eigenvalue weighted by molar-refractivity contribution is 0.363. The Morgan fingerprint density at radius 1 is 0.643 bits per heavy atom. The highest BCUT2D eigenvalue weighted by atomic mass is 32.3. The largest absolute Gasteiger partial charge is 0.222 e. The lowest BCUT2D eigenvalue weighted by Gasteiger charge is -2.25. The van der Waals surface area contributed by atoms with Gasteiger partial charge >= 0.3 is 0 Å². The van der Waals surface area contributed by atoms with Crippen molar-refractivity contribution in [1.82, 2.24) is 0 Å². The van der Waals surface area contributed by atoms with Gasteiger partial charge in [0.15, 0.2) is 24.3 Å². The molecule has 0 radical (unpaired) electrons. The van der Waals surface area contributed by atoms with Crippen molar-refractivity contribution in [3.05, 3.63) is 60.7 Å². The van der Waals surface area contributed by atoms with Crippen LogP contribution in [-0.4, -0.2) is 21.4 Å². The van der Waals surface area contributed by atoms with Gasteiger partial charge in [-0.2, -0.15) is 0 Å². The Morgan fingerprint density at radius 2 is 1.04 bits per heavy atom. The molecule has 0 N–H and O–H groups in total. The van der Waals surface area contributed by atoms with E-state index in [1.54, 1.807) is 36.4 Å². The van der Waals surface area contributed by atoms with Gasteiger partial charge in [0, 0.05) is 0 Å². The molecule has 0 bridgehead atoms. The maximum atomic E-state index is 13.4. The Balaban J connectivity index is 2.01. The monoisotopic (exact) mass is 420 g/mol. The lowest BCUT2D eigenvalue weighted by atomic mass is 9.89. The van der Waals surface area contributed by atoms with E-state index in [0.717, 1.165) is 38.5 Å². The zero-order valence-electron chi connectivity index (χ0n) is 16.0. The summed E-state index contributed by atoms with van der Waals surface area (Å²) in [6.07, 6.45) is 7.50. The quantitative estimate of drug-likeness (QED) is 0.659. The molecule has 0 saturated heterocycles. The van der Waals surface area contributed by atoms with Crippen molar-refractivity contribution in [1.29, 1.82) is 0 Å². The van der Waals surface area contributed by atoms with Gasteiger partial charge in [-0.15, -0.1) is 0 Å². The minimum Gasteiger partial charge on any atom is -0.222 e. The van der Waals surface area contributed by atoms with Gasteiger partial charge in [-0.3, -0.25) is 0 Å². The molecule has 0 aromatic heterocycles. The Bertz CT molecular complexity index is 875. The first-order chi connectivity index (χ1) is 13.4. The predicted molar refractivity (Wildman–Crippen MR) is 111 cm³/mol. The van der Waals surface area contributed by atoms with Crippen LogP contribution in [0, 0.1) is 5.92 Å². The van der Waals surface area contributed by atoms with Gasteiger partial charge in [0.05, 0.1) is 9.79 Å². The zero-order valence-corrected chi connectivity index (χ0v) is 17.7. The van der Waals surface area contributed by atoms with E-state index >= 15 is 0 Å². The molecule has 2 aromatic rings. The molecule has 4 nitrogen and oxygen atoms in total. The van der Waals surface area contributed by atoms with Crippen LogP contribution in [0.1, 0.15) is 51.4 Å². The van der Waals surface area contributed by atoms with Crippen molar-refractivity contribution in [3.63, 3.8) is 0 Å². The third-order valence-electron chi connectivity index (χ3n) is 5.59. The number of benzene rings is 2. The van der Waals surface area contributed by atoms with Gasteiger partial charge in [0.25, 0.3) is 0 Å². The molecular weight excluding hydrogens is 392 g/mol. The number of rotatable bonds is 6. The molecule has 1 aliphatic rings. The topological polar surface area (TPSA) is 68.3 Å². The Labute approximate surface area is 168 Å². The fourth-order valence-corrected chi connectivity index (χ4v) is 8.72. The molecule has 0 heterocycles. The van der Waals surface area contributed by atoms with Gasteiger partial charge in [-0.1, -0.05) is 81.3 Å². The van der Waals surface area contributed by atoms with Crippen molar-refractivity contribution in [2.45, 2.75) is 65.7 Å². The Hall–Kier alpha value is -1.66. The fourth-order valence-electron chi connectivity index (χ4n) is 3.99. The minimum atomic E-state index is -4.02. The molecule has 1 fully saturated rings. The van der Waals surface area contributed by atoms with Crippen LogP contribution in [-0.2, 0) is 19.7 Å². The second kappa shape index (κ2) is 9.23. The predicted octanol–water partition coefficient (Wildman–Crippen LogP) is 5.01. The molecule has 1 aliphatic carbocycles. The molecule has 0 spiro atoms. The molecule has 0 atom stereocenters. The van der Waals surface area contributed by atoms with Crippen molar-refractivity contribution < 1.29 is 16.8 Å². The van der Waals surface area contributed by atoms with E-state index in [2.05, 4.69) is 0 Å². The maximum Gasteiger partial charge on any atom is 0.195 e. The van der Waals surface area contributed by atoms with Gasteiger partial charge < -0.3 is 0 Å². The third-order valence-corrected chi connectivity index (χ3v) is 10.7. The van der Waals surface area contributed by atoms with Crippen LogP contribution >= 0.6 is 0 Å². The van der Waals surface area contributed by atoms with E-state index in [4.69, 9.17) is 0 Å². The van der Waals surface area contributed by atoms with Crippen molar-refractivity contribution in [2.24, 2.45) is 5.92 Å². The summed E-state index contributed by atoms with van der Waals surface area (Å²) in [6, 6.07) is 15.9. The first kappa shape index (κ1) is 21.1. The minimum absolute atomic E-state index is 0.0744. The summed E-state index contributed by atoms with van der Waals surface area (Å²) in [5.41, 5.74) is 0. The number of hydrogen-bond acceptors (Lipinski definition) is 4. The molecule has 3 rings (SSSR count). The van der Waals surface area contributed by atoms with Crippen LogP contribution < -0.4 is 0 Å². The second-order valence-corrected chi connectivity index (χ2v) is 12.2. The van der Waals surface area contributed by atoms with Crippen LogP contribution in [0.3, 0.4) is 0 Å². The summed E-state index contributed by atoms with van der Waals surface area (Å²) in [5, 5.41) is 0. The van der Waals surface area contributed by atoms with Gasteiger partial charge in [-0.25, -0.2) is 16.8 Å². The molecule has 0 unspecified atom stereocenters. The van der Waals surface area contributed by atoms with Crippen LogP contribution in [0.15, 0.2) is 70.5 Å². The van der Waals surface area contributed by atoms with Crippen LogP contribution in [0.4, 0.5) is 0 Å². The molecular formula is C22H28O4S2. The van der Waals surface area contributed by atoms with Crippen LogP contribution in [0.5, 0.6) is 0 Å². The lowest BCUT2D eigenvalue weighted by Crippen LogP contribution is -2.33. The van der Waals surface area contributed by atoms with Gasteiger partial charge in [0.2, 0.25) is 0 Å². The van der Waals surface area contributed by atoms with Crippen LogP contribution in [0.2, 0.25) is 0 Å². The van der Waals surface area contributed by atoms with Gasteiger partial charge in [-0.05, 0) is 36.6 Å². The Kier molecular flexibility index (Phi) is 6.94. The molecule has 152 valence electrons. The normalized spacial score (nSPS) is 17.2. The molecule has 2 aromatic carbocycles.